The lowest BCUT2D eigenvalue weighted by Gasteiger charge is -2.02. The molecule has 2 aromatic heterocycles. The SMILES string of the molecule is Cc1c(C(=O)C=Cc2ncc[nH]2)nnn1-c1ccc(Cl)cc1. The molecule has 0 amide bonds. The lowest BCUT2D eigenvalue weighted by molar-refractivity contribution is 0.104. The zero-order valence-corrected chi connectivity index (χ0v) is 12.4. The molecule has 1 N–H and O–H groups in total. The van der Waals surface area contributed by atoms with Gasteiger partial charge in [-0.25, -0.2) is 9.67 Å². The van der Waals surface area contributed by atoms with Crippen molar-refractivity contribution >= 4 is 23.5 Å². The number of hydrogen-bond acceptors (Lipinski definition) is 4. The molecule has 0 spiro atoms. The number of H-pyrrole nitrogens is 1. The third kappa shape index (κ3) is 2.82. The van der Waals surface area contributed by atoms with Crippen LogP contribution >= 0.6 is 11.6 Å². The van der Waals surface area contributed by atoms with Crippen molar-refractivity contribution in [3.05, 3.63) is 65.0 Å². The summed E-state index contributed by atoms with van der Waals surface area (Å²) in [7, 11) is 0. The summed E-state index contributed by atoms with van der Waals surface area (Å²) < 4.78 is 1.60. The Hall–Kier alpha value is -2.73. The summed E-state index contributed by atoms with van der Waals surface area (Å²) in [4.78, 5) is 19.1. The molecule has 0 atom stereocenters. The molecule has 0 radical (unpaired) electrons. The minimum absolute atomic E-state index is 0.228. The lowest BCUT2D eigenvalue weighted by atomic mass is 10.2. The molecule has 0 fully saturated rings. The highest BCUT2D eigenvalue weighted by Crippen LogP contribution is 2.16. The Labute approximate surface area is 131 Å². The monoisotopic (exact) mass is 313 g/mol. The summed E-state index contributed by atoms with van der Waals surface area (Å²) in [5.74, 6) is 0.380. The molecule has 0 unspecified atom stereocenters. The first kappa shape index (κ1) is 14.2. The number of ketones is 1. The van der Waals surface area contributed by atoms with Crippen molar-refractivity contribution in [3.63, 3.8) is 0 Å². The maximum Gasteiger partial charge on any atom is 0.208 e. The average Bonchev–Trinajstić information content (AvgIpc) is 3.15. The summed E-state index contributed by atoms with van der Waals surface area (Å²) in [6.45, 7) is 1.79. The summed E-state index contributed by atoms with van der Waals surface area (Å²) >= 11 is 5.87. The van der Waals surface area contributed by atoms with E-state index in [0.29, 0.717) is 22.2 Å². The van der Waals surface area contributed by atoms with Gasteiger partial charge in [0.15, 0.2) is 5.69 Å². The number of imidazole rings is 1. The van der Waals surface area contributed by atoms with Gasteiger partial charge in [-0.3, -0.25) is 4.79 Å². The van der Waals surface area contributed by atoms with Crippen LogP contribution in [0.4, 0.5) is 0 Å². The van der Waals surface area contributed by atoms with Crippen LogP contribution in [0.15, 0.2) is 42.7 Å². The van der Waals surface area contributed by atoms with E-state index < -0.39 is 0 Å². The highest BCUT2D eigenvalue weighted by atomic mass is 35.5. The van der Waals surface area contributed by atoms with Crippen molar-refractivity contribution in [1.29, 1.82) is 0 Å². The van der Waals surface area contributed by atoms with Gasteiger partial charge in [0.05, 0.1) is 11.4 Å². The van der Waals surface area contributed by atoms with Crippen LogP contribution < -0.4 is 0 Å². The summed E-state index contributed by atoms with van der Waals surface area (Å²) in [6.07, 6.45) is 6.32. The van der Waals surface area contributed by atoms with Crippen molar-refractivity contribution in [1.82, 2.24) is 25.0 Å². The first-order valence-corrected chi connectivity index (χ1v) is 6.93. The van der Waals surface area contributed by atoms with Crippen LogP contribution in [0.2, 0.25) is 5.02 Å². The Morgan fingerprint density at radius 3 is 2.77 bits per heavy atom. The normalized spacial score (nSPS) is 11.2. The molecule has 0 saturated carbocycles. The first-order valence-electron chi connectivity index (χ1n) is 6.55. The van der Waals surface area contributed by atoms with E-state index in [0.717, 1.165) is 5.69 Å². The van der Waals surface area contributed by atoms with E-state index in [1.54, 1.807) is 42.2 Å². The van der Waals surface area contributed by atoms with Crippen LogP contribution in [-0.4, -0.2) is 30.7 Å². The zero-order chi connectivity index (χ0) is 15.5. The van der Waals surface area contributed by atoms with Crippen LogP contribution in [-0.2, 0) is 0 Å². The van der Waals surface area contributed by atoms with E-state index in [-0.39, 0.29) is 5.78 Å². The summed E-state index contributed by atoms with van der Waals surface area (Å²) in [5.41, 5.74) is 1.76. The van der Waals surface area contributed by atoms with Gasteiger partial charge in [-0.1, -0.05) is 16.8 Å². The Kier molecular flexibility index (Phi) is 3.84. The van der Waals surface area contributed by atoms with Gasteiger partial charge in [-0.2, -0.15) is 0 Å². The molecule has 7 heteroatoms. The van der Waals surface area contributed by atoms with Crippen molar-refractivity contribution in [2.45, 2.75) is 6.92 Å². The van der Waals surface area contributed by atoms with Gasteiger partial charge in [0.1, 0.15) is 5.82 Å². The standard InChI is InChI=1S/C15H12ClN5O/c1-10-15(13(22)6-7-14-17-8-9-18-14)19-20-21(10)12-4-2-11(16)3-5-12/h2-9H,1H3,(H,17,18). The highest BCUT2D eigenvalue weighted by molar-refractivity contribution is 6.30. The van der Waals surface area contributed by atoms with Gasteiger partial charge in [0.2, 0.25) is 5.78 Å². The molecule has 0 saturated heterocycles. The van der Waals surface area contributed by atoms with Crippen LogP contribution in [0.3, 0.4) is 0 Å². The number of carbonyl (C=O) groups excluding carboxylic acids is 1. The number of hydrogen-bond donors (Lipinski definition) is 1. The fraction of sp³-hybridized carbons (Fsp3) is 0.0667. The van der Waals surface area contributed by atoms with Crippen molar-refractivity contribution in [3.8, 4) is 5.69 Å². The number of aromatic nitrogens is 5. The maximum absolute atomic E-state index is 12.2. The van der Waals surface area contributed by atoms with E-state index >= 15 is 0 Å². The molecule has 0 bridgehead atoms. The van der Waals surface area contributed by atoms with Gasteiger partial charge in [-0.05, 0) is 43.3 Å². The second kappa shape index (κ2) is 5.95. The number of allylic oxidation sites excluding steroid dienone is 1. The number of rotatable bonds is 4. The molecule has 2 heterocycles. The smallest absolute Gasteiger partial charge is 0.208 e. The van der Waals surface area contributed by atoms with E-state index in [2.05, 4.69) is 20.3 Å². The summed E-state index contributed by atoms with van der Waals surface area (Å²) in [5, 5.41) is 8.63. The molecule has 22 heavy (non-hydrogen) atoms. The Morgan fingerprint density at radius 2 is 2.09 bits per heavy atom. The Bertz CT molecular complexity index is 818. The highest BCUT2D eigenvalue weighted by Gasteiger charge is 2.15. The van der Waals surface area contributed by atoms with Crippen molar-refractivity contribution in [2.75, 3.05) is 0 Å². The maximum atomic E-state index is 12.2. The second-order valence-electron chi connectivity index (χ2n) is 4.58. The predicted octanol–water partition coefficient (Wildman–Crippen LogP) is 2.85. The van der Waals surface area contributed by atoms with Gasteiger partial charge >= 0.3 is 0 Å². The zero-order valence-electron chi connectivity index (χ0n) is 11.7. The molecular formula is C15H12ClN5O. The van der Waals surface area contributed by atoms with Crippen molar-refractivity contribution in [2.24, 2.45) is 0 Å². The molecule has 3 aromatic rings. The molecule has 0 aliphatic carbocycles. The lowest BCUT2D eigenvalue weighted by Crippen LogP contribution is -2.01. The number of nitrogens with zero attached hydrogens (tertiary/aromatic N) is 4. The third-order valence-electron chi connectivity index (χ3n) is 3.11. The quantitative estimate of drug-likeness (QED) is 0.593. The first-order chi connectivity index (χ1) is 10.6. The largest absolute Gasteiger partial charge is 0.345 e. The molecule has 0 aliphatic heterocycles. The second-order valence-corrected chi connectivity index (χ2v) is 5.02. The van der Waals surface area contributed by atoms with Crippen LogP contribution in [0, 0.1) is 6.92 Å². The van der Waals surface area contributed by atoms with Gasteiger partial charge in [-0.15, -0.1) is 5.10 Å². The minimum Gasteiger partial charge on any atom is -0.345 e. The molecule has 3 rings (SSSR count). The van der Waals surface area contributed by atoms with Crippen LogP contribution in [0.5, 0.6) is 0 Å². The molecular weight excluding hydrogens is 302 g/mol. The van der Waals surface area contributed by atoms with E-state index in [1.165, 1.54) is 6.08 Å². The Balaban J connectivity index is 1.87. The fourth-order valence-electron chi connectivity index (χ4n) is 1.99. The summed E-state index contributed by atoms with van der Waals surface area (Å²) in [6, 6.07) is 7.15. The molecule has 1 aromatic carbocycles. The minimum atomic E-state index is -0.228. The molecule has 110 valence electrons. The predicted molar refractivity (Wildman–Crippen MR) is 83.1 cm³/mol. The number of halogens is 1. The van der Waals surface area contributed by atoms with E-state index in [4.69, 9.17) is 11.6 Å². The van der Waals surface area contributed by atoms with E-state index in [9.17, 15) is 4.79 Å². The van der Waals surface area contributed by atoms with Crippen LogP contribution in [0.1, 0.15) is 22.0 Å². The average molecular weight is 314 g/mol. The number of carbonyl (C=O) groups is 1. The fourth-order valence-corrected chi connectivity index (χ4v) is 2.11. The topological polar surface area (TPSA) is 76.5 Å². The third-order valence-corrected chi connectivity index (χ3v) is 3.36. The number of nitrogens with one attached hydrogen (secondary N) is 1. The number of aromatic amines is 1. The van der Waals surface area contributed by atoms with Gasteiger partial charge in [0, 0.05) is 17.4 Å². The van der Waals surface area contributed by atoms with Crippen LogP contribution in [0.25, 0.3) is 11.8 Å². The Morgan fingerprint density at radius 1 is 1.32 bits per heavy atom. The molecule has 6 nitrogen and oxygen atoms in total. The number of benzene rings is 1. The molecule has 0 aliphatic rings. The van der Waals surface area contributed by atoms with Crippen molar-refractivity contribution < 1.29 is 4.79 Å². The van der Waals surface area contributed by atoms with E-state index in [1.807, 2.05) is 12.1 Å². The van der Waals surface area contributed by atoms with Gasteiger partial charge < -0.3 is 4.98 Å². The van der Waals surface area contributed by atoms with Gasteiger partial charge in [0.25, 0.3) is 0 Å².